The molecule has 0 saturated carbocycles. The van der Waals surface area contributed by atoms with Crippen molar-refractivity contribution in [2.45, 2.75) is 24.7 Å². The molecule has 1 aliphatic heterocycles. The van der Waals surface area contributed by atoms with Gasteiger partial charge in [-0.2, -0.15) is 0 Å². The van der Waals surface area contributed by atoms with Crippen molar-refractivity contribution in [3.8, 4) is 0 Å². The van der Waals surface area contributed by atoms with Gasteiger partial charge in [-0.25, -0.2) is 8.42 Å². The van der Waals surface area contributed by atoms with Gasteiger partial charge in [-0.3, -0.25) is 13.9 Å². The fourth-order valence-corrected chi connectivity index (χ4v) is 4.95. The van der Waals surface area contributed by atoms with Crippen molar-refractivity contribution in [3.05, 3.63) is 59.7 Å². The molecule has 0 atom stereocenters. The highest BCUT2D eigenvalue weighted by molar-refractivity contribution is 7.92. The van der Waals surface area contributed by atoms with Crippen molar-refractivity contribution < 1.29 is 22.7 Å². The Morgan fingerprint density at radius 2 is 1.90 bits per heavy atom. The molecule has 1 aliphatic rings. The Balaban J connectivity index is 1.87. The van der Waals surface area contributed by atoms with E-state index in [0.717, 1.165) is 18.4 Å². The van der Waals surface area contributed by atoms with Crippen LogP contribution in [0.1, 0.15) is 29.3 Å². The molecule has 1 amide bonds. The first-order valence-corrected chi connectivity index (χ1v) is 10.9. The van der Waals surface area contributed by atoms with Crippen molar-refractivity contribution in [1.29, 1.82) is 0 Å². The van der Waals surface area contributed by atoms with Gasteiger partial charge in [0.2, 0.25) is 0 Å². The number of hydrogen-bond donors (Lipinski definition) is 0. The molecule has 0 saturated heterocycles. The average molecular weight is 416 g/mol. The maximum Gasteiger partial charge on any atom is 0.325 e. The van der Waals surface area contributed by atoms with Crippen LogP contribution in [0.5, 0.6) is 0 Å². The molecule has 0 unspecified atom stereocenters. The number of amides is 1. The summed E-state index contributed by atoms with van der Waals surface area (Å²) in [5, 5.41) is 0. The molecule has 0 radical (unpaired) electrons. The van der Waals surface area contributed by atoms with Gasteiger partial charge in [0.25, 0.3) is 15.9 Å². The van der Waals surface area contributed by atoms with E-state index in [1.54, 1.807) is 13.0 Å². The van der Waals surface area contributed by atoms with Crippen molar-refractivity contribution in [2.24, 2.45) is 0 Å². The van der Waals surface area contributed by atoms with Crippen LogP contribution >= 0.6 is 0 Å². The number of nitrogens with zero attached hydrogens (tertiary/aromatic N) is 2. The van der Waals surface area contributed by atoms with Crippen LogP contribution in [-0.2, 0) is 26.0 Å². The zero-order chi connectivity index (χ0) is 21.0. The second-order valence-corrected chi connectivity index (χ2v) is 8.67. The summed E-state index contributed by atoms with van der Waals surface area (Å²) >= 11 is 0. The molecule has 0 bridgehead atoms. The molecule has 0 spiro atoms. The van der Waals surface area contributed by atoms with Gasteiger partial charge in [0.1, 0.15) is 6.54 Å². The number of esters is 1. The molecule has 3 rings (SSSR count). The number of benzene rings is 2. The van der Waals surface area contributed by atoms with Gasteiger partial charge in [-0.05, 0) is 49.6 Å². The van der Waals surface area contributed by atoms with Crippen LogP contribution in [-0.4, -0.2) is 51.9 Å². The molecule has 154 valence electrons. The van der Waals surface area contributed by atoms with Gasteiger partial charge in [0.15, 0.2) is 0 Å². The number of carbonyl (C=O) groups excluding carboxylic acids is 2. The lowest BCUT2D eigenvalue weighted by atomic mass is 10.0. The topological polar surface area (TPSA) is 84.0 Å². The number of rotatable bonds is 6. The number of fused-ring (bicyclic) bond motifs is 1. The number of aryl methyl sites for hydroxylation is 1. The van der Waals surface area contributed by atoms with Gasteiger partial charge in [0.05, 0.1) is 17.2 Å². The molecule has 7 nitrogen and oxygen atoms in total. The summed E-state index contributed by atoms with van der Waals surface area (Å²) < 4.78 is 32.8. The maximum absolute atomic E-state index is 13.3. The van der Waals surface area contributed by atoms with E-state index in [1.165, 1.54) is 40.5 Å². The highest BCUT2D eigenvalue weighted by Crippen LogP contribution is 2.32. The zero-order valence-electron chi connectivity index (χ0n) is 16.5. The highest BCUT2D eigenvalue weighted by atomic mass is 32.2. The van der Waals surface area contributed by atoms with Crippen LogP contribution in [0.3, 0.4) is 0 Å². The molecule has 0 fully saturated rings. The molecular formula is C21H24N2O5S. The Morgan fingerprint density at radius 1 is 1.14 bits per heavy atom. The Labute approximate surface area is 170 Å². The third kappa shape index (κ3) is 4.42. The van der Waals surface area contributed by atoms with Gasteiger partial charge in [0, 0.05) is 19.2 Å². The van der Waals surface area contributed by atoms with Crippen molar-refractivity contribution in [1.82, 2.24) is 4.90 Å². The fraction of sp³-hybridized carbons (Fsp3) is 0.333. The first-order chi connectivity index (χ1) is 13.8. The Hall–Kier alpha value is -2.87. The predicted octanol–water partition coefficient (Wildman–Crippen LogP) is 2.46. The Morgan fingerprint density at radius 3 is 2.66 bits per heavy atom. The second-order valence-electron chi connectivity index (χ2n) is 6.80. The smallest absolute Gasteiger partial charge is 0.325 e. The molecule has 0 N–H and O–H groups in total. The number of sulfonamides is 1. The minimum atomic E-state index is -3.82. The van der Waals surface area contributed by atoms with E-state index < -0.39 is 21.9 Å². The monoisotopic (exact) mass is 416 g/mol. The normalized spacial score (nSPS) is 13.5. The minimum Gasteiger partial charge on any atom is -0.465 e. The lowest BCUT2D eigenvalue weighted by Gasteiger charge is -2.30. The van der Waals surface area contributed by atoms with Gasteiger partial charge >= 0.3 is 5.97 Å². The third-order valence-corrected chi connectivity index (χ3v) is 6.56. The lowest BCUT2D eigenvalue weighted by Crippen LogP contribution is -2.36. The SMILES string of the molecule is CCOC(=O)CN(C)C(=O)c1cccc(S(=O)(=O)N2CCCc3ccccc32)c1. The van der Waals surface area contributed by atoms with Crippen LogP contribution in [0.15, 0.2) is 53.4 Å². The largest absolute Gasteiger partial charge is 0.465 e. The van der Waals surface area contributed by atoms with Crippen molar-refractivity contribution in [3.63, 3.8) is 0 Å². The summed E-state index contributed by atoms with van der Waals surface area (Å²) in [4.78, 5) is 25.5. The van der Waals surface area contributed by atoms with Gasteiger partial charge in [-0.1, -0.05) is 24.3 Å². The molecular weight excluding hydrogens is 392 g/mol. The van der Waals surface area contributed by atoms with Crippen LogP contribution in [0.4, 0.5) is 5.69 Å². The summed E-state index contributed by atoms with van der Waals surface area (Å²) in [6.45, 7) is 2.10. The van der Waals surface area contributed by atoms with E-state index in [4.69, 9.17) is 4.74 Å². The number of ether oxygens (including phenoxy) is 1. The minimum absolute atomic E-state index is 0.0459. The van der Waals surface area contributed by atoms with E-state index in [9.17, 15) is 18.0 Å². The number of likely N-dealkylation sites (N-methyl/N-ethyl adjacent to an activating group) is 1. The summed E-state index contributed by atoms with van der Waals surface area (Å²) in [5.41, 5.74) is 1.86. The highest BCUT2D eigenvalue weighted by Gasteiger charge is 2.29. The van der Waals surface area contributed by atoms with Crippen LogP contribution in [0.25, 0.3) is 0 Å². The van der Waals surface area contributed by atoms with Crippen LogP contribution < -0.4 is 4.31 Å². The quantitative estimate of drug-likeness (QED) is 0.676. The average Bonchev–Trinajstić information content (AvgIpc) is 2.73. The number of anilines is 1. The van der Waals surface area contributed by atoms with E-state index in [-0.39, 0.29) is 23.6 Å². The first-order valence-electron chi connectivity index (χ1n) is 9.46. The second kappa shape index (κ2) is 8.65. The molecule has 0 aromatic heterocycles. The maximum atomic E-state index is 13.3. The lowest BCUT2D eigenvalue weighted by molar-refractivity contribution is -0.143. The molecule has 0 aliphatic carbocycles. The summed E-state index contributed by atoms with van der Waals surface area (Å²) in [5.74, 6) is -0.966. The van der Waals surface area contributed by atoms with Crippen LogP contribution in [0.2, 0.25) is 0 Å². The molecule has 1 heterocycles. The Kier molecular flexibility index (Phi) is 6.22. The molecule has 2 aromatic rings. The summed E-state index contributed by atoms with van der Waals surface area (Å²) in [6.07, 6.45) is 1.57. The number of hydrogen-bond acceptors (Lipinski definition) is 5. The first kappa shape index (κ1) is 20.9. The fourth-order valence-electron chi connectivity index (χ4n) is 3.36. The van der Waals surface area contributed by atoms with Gasteiger partial charge < -0.3 is 9.64 Å². The zero-order valence-corrected chi connectivity index (χ0v) is 17.3. The van der Waals surface area contributed by atoms with Crippen LogP contribution in [0, 0.1) is 0 Å². The van der Waals surface area contributed by atoms with E-state index >= 15 is 0 Å². The molecule has 8 heteroatoms. The molecule has 29 heavy (non-hydrogen) atoms. The molecule has 2 aromatic carbocycles. The summed E-state index contributed by atoms with van der Waals surface area (Å²) in [7, 11) is -2.34. The third-order valence-electron chi connectivity index (χ3n) is 4.75. The number of carbonyl (C=O) groups is 2. The van der Waals surface area contributed by atoms with Gasteiger partial charge in [-0.15, -0.1) is 0 Å². The number of para-hydroxylation sites is 1. The Bertz CT molecular complexity index is 1020. The van der Waals surface area contributed by atoms with Crippen molar-refractivity contribution >= 4 is 27.6 Å². The standard InChI is InChI=1S/C21H24N2O5S/c1-3-28-20(24)15-22(2)21(25)17-9-6-11-18(14-17)29(26,27)23-13-7-10-16-8-4-5-12-19(16)23/h4-6,8-9,11-12,14H,3,7,10,13,15H2,1-2H3. The van der Waals surface area contributed by atoms with E-state index in [2.05, 4.69) is 0 Å². The summed E-state index contributed by atoms with van der Waals surface area (Å²) in [6, 6.07) is 13.4. The van der Waals surface area contributed by atoms with E-state index in [1.807, 2.05) is 18.2 Å². The predicted molar refractivity (Wildman–Crippen MR) is 109 cm³/mol. The van der Waals surface area contributed by atoms with E-state index in [0.29, 0.717) is 12.2 Å². The van der Waals surface area contributed by atoms with Crippen molar-refractivity contribution in [2.75, 3.05) is 31.0 Å².